The normalized spacial score (nSPS) is 17.8. The summed E-state index contributed by atoms with van der Waals surface area (Å²) < 4.78 is 10.4. The van der Waals surface area contributed by atoms with Crippen molar-refractivity contribution in [1.29, 1.82) is 5.26 Å². The minimum atomic E-state index is -0.440. The molecule has 0 saturated carbocycles. The number of phenolic OH excluding ortho intramolecular Hbond substituents is 1. The quantitative estimate of drug-likeness (QED) is 0.637. The molecule has 6 nitrogen and oxygen atoms in total. The first-order valence-corrected chi connectivity index (χ1v) is 7.02. The number of rotatable bonds is 5. The number of aromatic hydroxyl groups is 1. The summed E-state index contributed by atoms with van der Waals surface area (Å²) >= 11 is 0. The van der Waals surface area contributed by atoms with Gasteiger partial charge in [0.1, 0.15) is 11.6 Å². The number of carbonyl (C=O) groups is 1. The van der Waals surface area contributed by atoms with Gasteiger partial charge in [-0.25, -0.2) is 0 Å². The predicted octanol–water partition coefficient (Wildman–Crippen LogP) is 1.60. The molecule has 0 aliphatic carbocycles. The fourth-order valence-electron chi connectivity index (χ4n) is 2.21. The van der Waals surface area contributed by atoms with Gasteiger partial charge < -0.3 is 19.9 Å². The molecule has 22 heavy (non-hydrogen) atoms. The summed E-state index contributed by atoms with van der Waals surface area (Å²) in [6.07, 6.45) is 3.39. The van der Waals surface area contributed by atoms with Crippen LogP contribution in [0.25, 0.3) is 6.08 Å². The van der Waals surface area contributed by atoms with Gasteiger partial charge in [0.15, 0.2) is 11.5 Å². The molecule has 2 rings (SSSR count). The lowest BCUT2D eigenvalue weighted by molar-refractivity contribution is -0.117. The molecule has 1 fully saturated rings. The van der Waals surface area contributed by atoms with Crippen LogP contribution in [-0.4, -0.2) is 37.4 Å². The lowest BCUT2D eigenvalue weighted by Gasteiger charge is -2.10. The first kappa shape index (κ1) is 15.9. The van der Waals surface area contributed by atoms with Gasteiger partial charge in [-0.3, -0.25) is 4.79 Å². The fraction of sp³-hybridized carbons (Fsp3) is 0.375. The molecule has 1 aromatic carbocycles. The molecule has 6 heteroatoms. The molecule has 0 radical (unpaired) electrons. The van der Waals surface area contributed by atoms with E-state index in [9.17, 15) is 9.90 Å². The predicted molar refractivity (Wildman–Crippen MR) is 80.2 cm³/mol. The Balaban J connectivity index is 2.06. The smallest absolute Gasteiger partial charge is 0.262 e. The van der Waals surface area contributed by atoms with Crippen LogP contribution >= 0.6 is 0 Å². The van der Waals surface area contributed by atoms with Crippen molar-refractivity contribution in [1.82, 2.24) is 5.32 Å². The Morgan fingerprint density at radius 3 is 3.09 bits per heavy atom. The van der Waals surface area contributed by atoms with Crippen LogP contribution in [-0.2, 0) is 9.53 Å². The van der Waals surface area contributed by atoms with Crippen molar-refractivity contribution < 1.29 is 19.4 Å². The van der Waals surface area contributed by atoms with Crippen LogP contribution < -0.4 is 10.1 Å². The third-order valence-corrected chi connectivity index (χ3v) is 3.39. The average Bonchev–Trinajstić information content (AvgIpc) is 3.05. The molecular weight excluding hydrogens is 284 g/mol. The Bertz CT molecular complexity index is 613. The van der Waals surface area contributed by atoms with Crippen molar-refractivity contribution in [2.45, 2.75) is 18.9 Å². The van der Waals surface area contributed by atoms with E-state index >= 15 is 0 Å². The van der Waals surface area contributed by atoms with Crippen molar-refractivity contribution in [2.75, 3.05) is 20.3 Å². The van der Waals surface area contributed by atoms with E-state index in [0.717, 1.165) is 19.4 Å². The molecule has 0 spiro atoms. The highest BCUT2D eigenvalue weighted by Gasteiger charge is 2.17. The highest BCUT2D eigenvalue weighted by molar-refractivity contribution is 6.01. The SMILES string of the molecule is COc1cc(/C=C(/C#N)C(=O)NC[C@H]2CCCO2)ccc1O. The van der Waals surface area contributed by atoms with Gasteiger partial charge in [-0.1, -0.05) is 6.07 Å². The second-order valence-electron chi connectivity index (χ2n) is 4.95. The van der Waals surface area contributed by atoms with Gasteiger partial charge in [-0.05, 0) is 36.6 Å². The number of methoxy groups -OCH3 is 1. The van der Waals surface area contributed by atoms with Gasteiger partial charge >= 0.3 is 0 Å². The molecule has 0 aromatic heterocycles. The molecule has 2 N–H and O–H groups in total. The maximum atomic E-state index is 12.0. The van der Waals surface area contributed by atoms with Crippen LogP contribution in [0.4, 0.5) is 0 Å². The van der Waals surface area contributed by atoms with E-state index in [1.165, 1.54) is 19.3 Å². The molecule has 1 amide bonds. The van der Waals surface area contributed by atoms with Crippen LogP contribution in [0.1, 0.15) is 18.4 Å². The van der Waals surface area contributed by atoms with Crippen LogP contribution in [0.2, 0.25) is 0 Å². The van der Waals surface area contributed by atoms with Crippen LogP contribution in [0.5, 0.6) is 11.5 Å². The van der Waals surface area contributed by atoms with E-state index in [4.69, 9.17) is 14.7 Å². The monoisotopic (exact) mass is 302 g/mol. The topological polar surface area (TPSA) is 91.6 Å². The van der Waals surface area contributed by atoms with E-state index in [1.807, 2.05) is 6.07 Å². The van der Waals surface area contributed by atoms with Crippen LogP contribution in [0.3, 0.4) is 0 Å². The van der Waals surface area contributed by atoms with Gasteiger partial charge in [0.05, 0.1) is 13.2 Å². The molecule has 1 aliphatic heterocycles. The summed E-state index contributed by atoms with van der Waals surface area (Å²) in [5.41, 5.74) is 0.587. The van der Waals surface area contributed by atoms with E-state index < -0.39 is 5.91 Å². The highest BCUT2D eigenvalue weighted by atomic mass is 16.5. The lowest BCUT2D eigenvalue weighted by atomic mass is 10.1. The summed E-state index contributed by atoms with van der Waals surface area (Å²) in [5.74, 6) is -0.156. The summed E-state index contributed by atoms with van der Waals surface area (Å²) in [6, 6.07) is 6.49. The van der Waals surface area contributed by atoms with Gasteiger partial charge in [0.2, 0.25) is 0 Å². The molecule has 0 bridgehead atoms. The largest absolute Gasteiger partial charge is 0.504 e. The van der Waals surface area contributed by atoms with Crippen LogP contribution in [0.15, 0.2) is 23.8 Å². The standard InChI is InChI=1S/C16H18N2O4/c1-21-15-8-11(4-5-14(15)19)7-12(9-17)16(20)18-10-13-3-2-6-22-13/h4-5,7-8,13,19H,2-3,6,10H2,1H3,(H,18,20)/b12-7-/t13-/m1/s1. The molecule has 0 unspecified atom stereocenters. The molecule has 116 valence electrons. The highest BCUT2D eigenvalue weighted by Crippen LogP contribution is 2.27. The summed E-state index contributed by atoms with van der Waals surface area (Å²) in [4.78, 5) is 12.0. The zero-order chi connectivity index (χ0) is 15.9. The third kappa shape index (κ3) is 3.99. The van der Waals surface area contributed by atoms with E-state index in [2.05, 4.69) is 5.32 Å². The fourth-order valence-corrected chi connectivity index (χ4v) is 2.21. The Labute approximate surface area is 129 Å². The second kappa shape index (κ2) is 7.48. The number of benzene rings is 1. The number of nitriles is 1. The number of phenols is 1. The summed E-state index contributed by atoms with van der Waals surface area (Å²) in [6.45, 7) is 1.12. The molecule has 1 atom stereocenters. The van der Waals surface area contributed by atoms with Crippen molar-refractivity contribution in [3.8, 4) is 17.6 Å². The first-order chi connectivity index (χ1) is 10.6. The second-order valence-corrected chi connectivity index (χ2v) is 4.95. The molecule has 1 aromatic rings. The van der Waals surface area contributed by atoms with E-state index in [-0.39, 0.29) is 23.2 Å². The number of nitrogens with one attached hydrogen (secondary N) is 1. The van der Waals surface area contributed by atoms with Crippen LogP contribution in [0, 0.1) is 11.3 Å². The maximum Gasteiger partial charge on any atom is 0.262 e. The Hall–Kier alpha value is -2.52. The van der Waals surface area contributed by atoms with Gasteiger partial charge in [0.25, 0.3) is 5.91 Å². The average molecular weight is 302 g/mol. The maximum absolute atomic E-state index is 12.0. The van der Waals surface area contributed by atoms with Gasteiger partial charge in [0, 0.05) is 13.2 Å². The molecule has 1 heterocycles. The zero-order valence-electron chi connectivity index (χ0n) is 12.3. The number of hydrogen-bond acceptors (Lipinski definition) is 5. The molecular formula is C16H18N2O4. The number of nitrogens with zero attached hydrogens (tertiary/aromatic N) is 1. The van der Waals surface area contributed by atoms with E-state index in [0.29, 0.717) is 12.1 Å². The summed E-state index contributed by atoms with van der Waals surface area (Å²) in [7, 11) is 1.43. The number of carbonyl (C=O) groups excluding carboxylic acids is 1. The van der Waals surface area contributed by atoms with Gasteiger partial charge in [-0.2, -0.15) is 5.26 Å². The van der Waals surface area contributed by atoms with Gasteiger partial charge in [-0.15, -0.1) is 0 Å². The molecule has 1 saturated heterocycles. The van der Waals surface area contributed by atoms with Crippen molar-refractivity contribution in [2.24, 2.45) is 0 Å². The van der Waals surface area contributed by atoms with Crippen molar-refractivity contribution in [3.05, 3.63) is 29.3 Å². The Morgan fingerprint density at radius 1 is 1.64 bits per heavy atom. The lowest BCUT2D eigenvalue weighted by Crippen LogP contribution is -2.32. The number of ether oxygens (including phenoxy) is 2. The number of amides is 1. The number of hydrogen-bond donors (Lipinski definition) is 2. The first-order valence-electron chi connectivity index (χ1n) is 7.02. The Morgan fingerprint density at radius 2 is 2.45 bits per heavy atom. The zero-order valence-corrected chi connectivity index (χ0v) is 12.3. The third-order valence-electron chi connectivity index (χ3n) is 3.39. The van der Waals surface area contributed by atoms with E-state index in [1.54, 1.807) is 12.1 Å². The molecule has 1 aliphatic rings. The Kier molecular flexibility index (Phi) is 5.39. The minimum absolute atomic E-state index is 0.000918. The van der Waals surface area contributed by atoms with Crippen molar-refractivity contribution >= 4 is 12.0 Å². The minimum Gasteiger partial charge on any atom is -0.504 e. The summed E-state index contributed by atoms with van der Waals surface area (Å²) in [5, 5.41) is 21.4. The van der Waals surface area contributed by atoms with Crippen molar-refractivity contribution in [3.63, 3.8) is 0 Å².